The molecule has 1 aliphatic heterocycles. The first-order valence-electron chi connectivity index (χ1n) is 6.94. The number of aromatic nitrogens is 2. The number of nitrogen functional groups attached to an aromatic ring is 1. The van der Waals surface area contributed by atoms with Crippen molar-refractivity contribution in [2.24, 2.45) is 5.84 Å². The maximum Gasteiger partial charge on any atom is 0.148 e. The average molecular weight is 264 g/mol. The smallest absolute Gasteiger partial charge is 0.148 e. The van der Waals surface area contributed by atoms with Gasteiger partial charge in [0.15, 0.2) is 0 Å². The van der Waals surface area contributed by atoms with Crippen LogP contribution in [0, 0.1) is 6.92 Å². The summed E-state index contributed by atoms with van der Waals surface area (Å²) in [5, 5.41) is 3.45. The molecule has 0 amide bonds. The minimum absolute atomic E-state index is 0.591. The van der Waals surface area contributed by atoms with Crippen LogP contribution in [0.25, 0.3) is 0 Å². The van der Waals surface area contributed by atoms with Crippen molar-refractivity contribution in [2.45, 2.75) is 39.2 Å². The quantitative estimate of drug-likeness (QED) is 0.547. The average Bonchev–Trinajstić information content (AvgIpc) is 2.83. The first-order valence-corrected chi connectivity index (χ1v) is 6.94. The summed E-state index contributed by atoms with van der Waals surface area (Å²) in [4.78, 5) is 11.3. The fraction of sp³-hybridized carbons (Fsp3) is 0.692. The van der Waals surface area contributed by atoms with Gasteiger partial charge in [0.1, 0.15) is 17.5 Å². The van der Waals surface area contributed by atoms with E-state index < -0.39 is 0 Å². The van der Waals surface area contributed by atoms with Crippen molar-refractivity contribution in [1.29, 1.82) is 0 Å². The fourth-order valence-electron chi connectivity index (χ4n) is 2.49. The van der Waals surface area contributed by atoms with Gasteiger partial charge in [-0.05, 0) is 33.4 Å². The topological polar surface area (TPSA) is 79.1 Å². The Morgan fingerprint density at radius 2 is 2.11 bits per heavy atom. The molecule has 6 nitrogen and oxygen atoms in total. The molecular weight excluding hydrogens is 240 g/mol. The van der Waals surface area contributed by atoms with Crippen molar-refractivity contribution in [3.63, 3.8) is 0 Å². The second kappa shape index (κ2) is 6.16. The van der Waals surface area contributed by atoms with E-state index >= 15 is 0 Å². The standard InChI is InChI=1S/C13H24N6/c1-4-11-16-12(9(2)13(17-11)18-14)15-8-10-6-5-7-19(10)3/h10H,4-8,14H2,1-3H3,(H2,15,16,17,18). The zero-order valence-electron chi connectivity index (χ0n) is 12.0. The van der Waals surface area contributed by atoms with Gasteiger partial charge in [-0.25, -0.2) is 15.8 Å². The van der Waals surface area contributed by atoms with E-state index in [-0.39, 0.29) is 0 Å². The van der Waals surface area contributed by atoms with Gasteiger partial charge in [-0.1, -0.05) is 6.92 Å². The number of likely N-dealkylation sites (tertiary alicyclic amines) is 1. The Labute approximate surface area is 114 Å². The van der Waals surface area contributed by atoms with Gasteiger partial charge >= 0.3 is 0 Å². The highest BCUT2D eigenvalue weighted by atomic mass is 15.3. The van der Waals surface area contributed by atoms with Gasteiger partial charge in [-0.2, -0.15) is 0 Å². The molecule has 0 aromatic carbocycles. The Bertz CT molecular complexity index is 433. The highest BCUT2D eigenvalue weighted by Crippen LogP contribution is 2.21. The van der Waals surface area contributed by atoms with E-state index in [0.717, 1.165) is 30.2 Å². The SMILES string of the molecule is CCc1nc(NN)c(C)c(NCC2CCCN2C)n1. The molecular formula is C13H24N6. The Kier molecular flexibility index (Phi) is 4.55. The number of nitrogens with one attached hydrogen (secondary N) is 2. The lowest BCUT2D eigenvalue weighted by Crippen LogP contribution is -2.32. The van der Waals surface area contributed by atoms with Crippen LogP contribution in [-0.2, 0) is 6.42 Å². The van der Waals surface area contributed by atoms with E-state index in [4.69, 9.17) is 5.84 Å². The summed E-state index contributed by atoms with van der Waals surface area (Å²) in [7, 11) is 2.18. The number of rotatable bonds is 5. The van der Waals surface area contributed by atoms with Gasteiger partial charge in [-0.3, -0.25) is 0 Å². The van der Waals surface area contributed by atoms with Crippen LogP contribution in [0.1, 0.15) is 31.2 Å². The minimum atomic E-state index is 0.591. The summed E-state index contributed by atoms with van der Waals surface area (Å²) in [5.74, 6) is 7.91. The van der Waals surface area contributed by atoms with Crippen molar-refractivity contribution in [3.05, 3.63) is 11.4 Å². The molecule has 1 fully saturated rings. The van der Waals surface area contributed by atoms with E-state index in [1.165, 1.54) is 19.4 Å². The molecule has 0 saturated carbocycles. The summed E-state index contributed by atoms with van der Waals surface area (Å²) in [6.07, 6.45) is 3.32. The summed E-state index contributed by atoms with van der Waals surface area (Å²) in [6.45, 7) is 6.13. The van der Waals surface area contributed by atoms with E-state index in [2.05, 4.69) is 32.7 Å². The van der Waals surface area contributed by atoms with Crippen molar-refractivity contribution in [1.82, 2.24) is 14.9 Å². The molecule has 1 aliphatic rings. The predicted octanol–water partition coefficient (Wildman–Crippen LogP) is 1.14. The van der Waals surface area contributed by atoms with Crippen LogP contribution in [0.2, 0.25) is 0 Å². The molecule has 4 N–H and O–H groups in total. The molecule has 0 aliphatic carbocycles. The van der Waals surface area contributed by atoms with Gasteiger partial charge in [0.2, 0.25) is 0 Å². The van der Waals surface area contributed by atoms with Gasteiger partial charge in [0.25, 0.3) is 0 Å². The number of likely N-dealkylation sites (N-methyl/N-ethyl adjacent to an activating group) is 1. The molecule has 2 rings (SSSR count). The number of aryl methyl sites for hydroxylation is 1. The van der Waals surface area contributed by atoms with Gasteiger partial charge in [-0.15, -0.1) is 0 Å². The van der Waals surface area contributed by atoms with Crippen LogP contribution in [0.3, 0.4) is 0 Å². The van der Waals surface area contributed by atoms with Crippen molar-refractivity contribution in [2.75, 3.05) is 30.9 Å². The third-order valence-corrected chi connectivity index (χ3v) is 3.82. The molecule has 1 atom stereocenters. The number of hydrazine groups is 1. The van der Waals surface area contributed by atoms with Crippen LogP contribution in [0.4, 0.5) is 11.6 Å². The Hall–Kier alpha value is -1.40. The monoisotopic (exact) mass is 264 g/mol. The Balaban J connectivity index is 2.10. The van der Waals surface area contributed by atoms with Crippen molar-refractivity contribution >= 4 is 11.6 Å². The lowest BCUT2D eigenvalue weighted by atomic mass is 10.2. The zero-order valence-corrected chi connectivity index (χ0v) is 12.0. The first kappa shape index (κ1) is 14.0. The molecule has 0 bridgehead atoms. The molecule has 1 saturated heterocycles. The lowest BCUT2D eigenvalue weighted by Gasteiger charge is -2.21. The minimum Gasteiger partial charge on any atom is -0.368 e. The highest BCUT2D eigenvalue weighted by Gasteiger charge is 2.21. The van der Waals surface area contributed by atoms with E-state index in [1.807, 2.05) is 13.8 Å². The van der Waals surface area contributed by atoms with Gasteiger partial charge < -0.3 is 15.6 Å². The number of nitrogens with two attached hydrogens (primary N) is 1. The number of anilines is 2. The van der Waals surface area contributed by atoms with E-state index in [0.29, 0.717) is 11.9 Å². The Morgan fingerprint density at radius 3 is 2.68 bits per heavy atom. The van der Waals surface area contributed by atoms with Gasteiger partial charge in [0.05, 0.1) is 0 Å². The lowest BCUT2D eigenvalue weighted by molar-refractivity contribution is 0.322. The van der Waals surface area contributed by atoms with E-state index in [1.54, 1.807) is 0 Å². The van der Waals surface area contributed by atoms with Crippen LogP contribution < -0.4 is 16.6 Å². The molecule has 2 heterocycles. The van der Waals surface area contributed by atoms with E-state index in [9.17, 15) is 0 Å². The summed E-state index contributed by atoms with van der Waals surface area (Å²) < 4.78 is 0. The largest absolute Gasteiger partial charge is 0.368 e. The van der Waals surface area contributed by atoms with Crippen molar-refractivity contribution < 1.29 is 0 Å². The van der Waals surface area contributed by atoms with Crippen LogP contribution in [0.5, 0.6) is 0 Å². The fourth-order valence-corrected chi connectivity index (χ4v) is 2.49. The van der Waals surface area contributed by atoms with Crippen LogP contribution in [0.15, 0.2) is 0 Å². The molecule has 1 aromatic rings. The van der Waals surface area contributed by atoms with Gasteiger partial charge in [0, 0.05) is 24.6 Å². The number of hydrogen-bond donors (Lipinski definition) is 3. The summed E-state index contributed by atoms with van der Waals surface area (Å²) >= 11 is 0. The van der Waals surface area contributed by atoms with Crippen LogP contribution >= 0.6 is 0 Å². The Morgan fingerprint density at radius 1 is 1.37 bits per heavy atom. The zero-order chi connectivity index (χ0) is 13.8. The third kappa shape index (κ3) is 3.13. The predicted molar refractivity (Wildman–Crippen MR) is 78.1 cm³/mol. The highest BCUT2D eigenvalue weighted by molar-refractivity contribution is 5.56. The molecule has 1 unspecified atom stereocenters. The molecule has 0 radical (unpaired) electrons. The first-order chi connectivity index (χ1) is 9.15. The number of hydrogen-bond acceptors (Lipinski definition) is 6. The second-order valence-electron chi connectivity index (χ2n) is 5.12. The molecule has 106 valence electrons. The second-order valence-corrected chi connectivity index (χ2v) is 5.12. The van der Waals surface area contributed by atoms with Crippen molar-refractivity contribution in [3.8, 4) is 0 Å². The normalized spacial score (nSPS) is 19.7. The maximum absolute atomic E-state index is 5.51. The summed E-state index contributed by atoms with van der Waals surface area (Å²) in [5.41, 5.74) is 3.62. The molecule has 1 aromatic heterocycles. The third-order valence-electron chi connectivity index (χ3n) is 3.82. The van der Waals surface area contributed by atoms with Crippen LogP contribution in [-0.4, -0.2) is 41.0 Å². The summed E-state index contributed by atoms with van der Waals surface area (Å²) in [6, 6.07) is 0.591. The maximum atomic E-state index is 5.51. The molecule has 0 spiro atoms. The molecule has 19 heavy (non-hydrogen) atoms. The number of nitrogens with zero attached hydrogens (tertiary/aromatic N) is 3. The molecule has 6 heteroatoms.